The van der Waals surface area contributed by atoms with E-state index in [-0.39, 0.29) is 11.8 Å². The maximum atomic E-state index is 11.8. The Morgan fingerprint density at radius 1 is 1.41 bits per heavy atom. The normalized spacial score (nSPS) is 18.2. The van der Waals surface area contributed by atoms with E-state index in [1.54, 1.807) is 0 Å². The van der Waals surface area contributed by atoms with E-state index < -0.39 is 27.6 Å². The molecule has 0 radical (unpaired) electrons. The molecule has 1 atom stereocenters. The van der Waals surface area contributed by atoms with Gasteiger partial charge in [0.15, 0.2) is 0 Å². The summed E-state index contributed by atoms with van der Waals surface area (Å²) in [6.45, 7) is 0. The first kappa shape index (κ1) is 14.0. The zero-order chi connectivity index (χ0) is 13.2. The van der Waals surface area contributed by atoms with Crippen LogP contribution < -0.4 is 0 Å². The number of sulfone groups is 1. The highest BCUT2D eigenvalue weighted by Crippen LogP contribution is 2.28. The Labute approximate surface area is 101 Å². The van der Waals surface area contributed by atoms with Gasteiger partial charge in [-0.2, -0.15) is 0 Å². The predicted octanol–water partition coefficient (Wildman–Crippen LogP) is -0.257. The smallest absolute Gasteiger partial charge is 0.327 e. The van der Waals surface area contributed by atoms with E-state index in [4.69, 9.17) is 5.11 Å². The minimum Gasteiger partial charge on any atom is -0.480 e. The van der Waals surface area contributed by atoms with Crippen LogP contribution in [0.2, 0.25) is 0 Å². The highest BCUT2D eigenvalue weighted by molar-refractivity contribution is 7.90. The molecule has 0 aromatic rings. The number of carbonyl (C=O) groups is 2. The Hall–Kier alpha value is -1.11. The number of nitrogens with zero attached hydrogens (tertiary/aromatic N) is 1. The molecule has 1 aliphatic rings. The molecule has 17 heavy (non-hydrogen) atoms. The summed E-state index contributed by atoms with van der Waals surface area (Å²) >= 11 is 0. The van der Waals surface area contributed by atoms with Gasteiger partial charge in [-0.25, -0.2) is 13.2 Å². The molecule has 1 unspecified atom stereocenters. The molecule has 98 valence electrons. The number of carboxylic acids is 1. The summed E-state index contributed by atoms with van der Waals surface area (Å²) in [5.41, 5.74) is 0. The van der Waals surface area contributed by atoms with Crippen molar-refractivity contribution in [2.75, 3.05) is 19.1 Å². The van der Waals surface area contributed by atoms with Gasteiger partial charge in [0.05, 0.1) is 5.75 Å². The lowest BCUT2D eigenvalue weighted by Crippen LogP contribution is -2.49. The van der Waals surface area contributed by atoms with Crippen molar-refractivity contribution in [3.8, 4) is 0 Å². The van der Waals surface area contributed by atoms with E-state index in [0.29, 0.717) is 0 Å². The molecule has 7 heteroatoms. The topological polar surface area (TPSA) is 91.8 Å². The van der Waals surface area contributed by atoms with E-state index in [1.165, 1.54) is 7.05 Å². The van der Waals surface area contributed by atoms with Crippen molar-refractivity contribution in [2.45, 2.75) is 25.3 Å². The SMILES string of the molecule is CN(C(=O)C1CCC1)C(CS(C)(=O)=O)C(=O)O. The number of rotatable bonds is 5. The van der Waals surface area contributed by atoms with Crippen LogP contribution in [0.1, 0.15) is 19.3 Å². The van der Waals surface area contributed by atoms with Gasteiger partial charge in [0, 0.05) is 19.2 Å². The molecule has 1 N–H and O–H groups in total. The number of amides is 1. The fourth-order valence-corrected chi connectivity index (χ4v) is 2.67. The van der Waals surface area contributed by atoms with Crippen molar-refractivity contribution in [1.29, 1.82) is 0 Å². The second-order valence-electron chi connectivity index (χ2n) is 4.52. The average Bonchev–Trinajstić information content (AvgIpc) is 2.08. The number of hydrogen-bond acceptors (Lipinski definition) is 4. The maximum absolute atomic E-state index is 11.8. The van der Waals surface area contributed by atoms with Crippen LogP contribution in [0.5, 0.6) is 0 Å². The maximum Gasteiger partial charge on any atom is 0.327 e. The number of hydrogen-bond donors (Lipinski definition) is 1. The largest absolute Gasteiger partial charge is 0.480 e. The van der Waals surface area contributed by atoms with Gasteiger partial charge in [0.25, 0.3) is 0 Å². The molecule has 0 saturated heterocycles. The predicted molar refractivity (Wildman–Crippen MR) is 61.2 cm³/mol. The number of likely N-dealkylation sites (N-methyl/N-ethyl adjacent to an activating group) is 1. The Kier molecular flexibility index (Phi) is 4.13. The zero-order valence-corrected chi connectivity index (χ0v) is 10.7. The van der Waals surface area contributed by atoms with Gasteiger partial charge in [0.2, 0.25) is 5.91 Å². The number of aliphatic carboxylic acids is 1. The van der Waals surface area contributed by atoms with Gasteiger partial charge in [-0.3, -0.25) is 4.79 Å². The van der Waals surface area contributed by atoms with Gasteiger partial charge in [0.1, 0.15) is 15.9 Å². The van der Waals surface area contributed by atoms with Crippen molar-refractivity contribution in [2.24, 2.45) is 5.92 Å². The second kappa shape index (κ2) is 5.03. The summed E-state index contributed by atoms with van der Waals surface area (Å²) in [6, 6.07) is -1.29. The van der Waals surface area contributed by atoms with Crippen LogP contribution in [0.15, 0.2) is 0 Å². The molecule has 0 aliphatic heterocycles. The van der Waals surface area contributed by atoms with Gasteiger partial charge in [-0.15, -0.1) is 0 Å². The fourth-order valence-electron chi connectivity index (χ4n) is 1.73. The second-order valence-corrected chi connectivity index (χ2v) is 6.71. The van der Waals surface area contributed by atoms with Gasteiger partial charge in [-0.05, 0) is 12.8 Å². The summed E-state index contributed by atoms with van der Waals surface area (Å²) in [7, 11) is -2.08. The third kappa shape index (κ3) is 3.69. The van der Waals surface area contributed by atoms with Crippen LogP contribution in [0.25, 0.3) is 0 Å². The van der Waals surface area contributed by atoms with Crippen molar-refractivity contribution in [3.05, 3.63) is 0 Å². The third-order valence-corrected chi connectivity index (χ3v) is 3.94. The standard InChI is InChI=1S/C10H17NO5S/c1-11(9(12)7-4-3-5-7)8(10(13)14)6-17(2,15)16/h7-8H,3-6H2,1-2H3,(H,13,14). The molecule has 0 heterocycles. The third-order valence-electron chi connectivity index (χ3n) is 3.02. The van der Waals surface area contributed by atoms with Crippen LogP contribution in [0.3, 0.4) is 0 Å². The molecule has 1 amide bonds. The van der Waals surface area contributed by atoms with Crippen LogP contribution in [-0.4, -0.2) is 55.4 Å². The van der Waals surface area contributed by atoms with Gasteiger partial charge >= 0.3 is 5.97 Å². The lowest BCUT2D eigenvalue weighted by Gasteiger charge is -2.32. The van der Waals surface area contributed by atoms with Crippen LogP contribution in [-0.2, 0) is 19.4 Å². The molecule has 0 bridgehead atoms. The first-order chi connectivity index (χ1) is 7.72. The quantitative estimate of drug-likeness (QED) is 0.738. The summed E-state index contributed by atoms with van der Waals surface area (Å²) in [5.74, 6) is -2.24. The first-order valence-electron chi connectivity index (χ1n) is 5.39. The Morgan fingerprint density at radius 2 is 1.94 bits per heavy atom. The molecule has 0 spiro atoms. The van der Waals surface area contributed by atoms with Crippen molar-refractivity contribution < 1.29 is 23.1 Å². The summed E-state index contributed by atoms with van der Waals surface area (Å²) in [4.78, 5) is 23.9. The van der Waals surface area contributed by atoms with Crippen molar-refractivity contribution in [3.63, 3.8) is 0 Å². The lowest BCUT2D eigenvalue weighted by atomic mass is 9.84. The molecular weight excluding hydrogens is 246 g/mol. The molecular formula is C10H17NO5S. The highest BCUT2D eigenvalue weighted by Gasteiger charge is 2.35. The first-order valence-corrected chi connectivity index (χ1v) is 7.45. The van der Waals surface area contributed by atoms with E-state index in [1.807, 2.05) is 0 Å². The van der Waals surface area contributed by atoms with E-state index >= 15 is 0 Å². The van der Waals surface area contributed by atoms with E-state index in [0.717, 1.165) is 30.4 Å². The monoisotopic (exact) mass is 263 g/mol. The van der Waals surface area contributed by atoms with Crippen molar-refractivity contribution in [1.82, 2.24) is 4.90 Å². The molecule has 6 nitrogen and oxygen atoms in total. The van der Waals surface area contributed by atoms with Crippen molar-refractivity contribution >= 4 is 21.7 Å². The van der Waals surface area contributed by atoms with E-state index in [2.05, 4.69) is 0 Å². The lowest BCUT2D eigenvalue weighted by molar-refractivity contribution is -0.150. The Bertz CT molecular complexity index is 412. The minimum atomic E-state index is -3.44. The van der Waals surface area contributed by atoms with Crippen LogP contribution in [0.4, 0.5) is 0 Å². The molecule has 1 rings (SSSR count). The number of carbonyl (C=O) groups excluding carboxylic acids is 1. The molecule has 1 saturated carbocycles. The van der Waals surface area contributed by atoms with Crippen LogP contribution in [0, 0.1) is 5.92 Å². The Balaban J connectivity index is 2.76. The van der Waals surface area contributed by atoms with Gasteiger partial charge in [-0.1, -0.05) is 6.42 Å². The highest BCUT2D eigenvalue weighted by atomic mass is 32.2. The van der Waals surface area contributed by atoms with Gasteiger partial charge < -0.3 is 10.0 Å². The molecule has 0 aromatic heterocycles. The van der Waals surface area contributed by atoms with Crippen LogP contribution >= 0.6 is 0 Å². The minimum absolute atomic E-state index is 0.138. The summed E-state index contributed by atoms with van der Waals surface area (Å²) in [6.07, 6.45) is 3.45. The summed E-state index contributed by atoms with van der Waals surface area (Å²) in [5, 5.41) is 8.97. The Morgan fingerprint density at radius 3 is 2.24 bits per heavy atom. The molecule has 1 fully saturated rings. The van der Waals surface area contributed by atoms with E-state index in [9.17, 15) is 18.0 Å². The fraction of sp³-hybridized carbons (Fsp3) is 0.800. The summed E-state index contributed by atoms with van der Waals surface area (Å²) < 4.78 is 22.3. The molecule has 1 aliphatic carbocycles. The zero-order valence-electron chi connectivity index (χ0n) is 9.92. The molecule has 0 aromatic carbocycles. The number of carboxylic acid groups (broad SMARTS) is 1. The average molecular weight is 263 g/mol.